The van der Waals surface area contributed by atoms with Gasteiger partial charge in [0.25, 0.3) is 5.91 Å². The molecule has 1 N–H and O–H groups in total. The molecule has 168 valence electrons. The van der Waals surface area contributed by atoms with E-state index in [1.54, 1.807) is 4.90 Å². The van der Waals surface area contributed by atoms with Gasteiger partial charge in [-0.2, -0.15) is 0 Å². The number of nitrogens with one attached hydrogen (secondary N) is 1. The first-order valence-corrected chi connectivity index (χ1v) is 11.0. The molecule has 31 heavy (non-hydrogen) atoms. The Hall–Kier alpha value is -2.82. The van der Waals surface area contributed by atoms with Gasteiger partial charge < -0.3 is 15.0 Å². The zero-order valence-electron chi connectivity index (χ0n) is 19.6. The molecule has 0 radical (unpaired) electrons. The van der Waals surface area contributed by atoms with Gasteiger partial charge in [-0.3, -0.25) is 9.59 Å². The van der Waals surface area contributed by atoms with Crippen LogP contribution in [0.25, 0.3) is 0 Å². The Labute approximate surface area is 186 Å². The quantitative estimate of drug-likeness (QED) is 0.622. The molecule has 5 nitrogen and oxygen atoms in total. The largest absolute Gasteiger partial charge is 0.484 e. The highest BCUT2D eigenvalue weighted by atomic mass is 16.5. The first-order valence-electron chi connectivity index (χ1n) is 11.0. The van der Waals surface area contributed by atoms with Gasteiger partial charge >= 0.3 is 0 Å². The summed E-state index contributed by atoms with van der Waals surface area (Å²) in [6.07, 6.45) is 0.517. The SMILES string of the molecule is CC[C@@H](C(=O)NC(C)(C)C)N(Cc1ccccc1)C(=O)COc1ccc(C(C)C)cc1. The minimum absolute atomic E-state index is 0.118. The van der Waals surface area contributed by atoms with Crippen LogP contribution in [0.3, 0.4) is 0 Å². The summed E-state index contributed by atoms with van der Waals surface area (Å²) >= 11 is 0. The fourth-order valence-corrected chi connectivity index (χ4v) is 3.33. The zero-order valence-corrected chi connectivity index (χ0v) is 19.6. The molecule has 0 saturated heterocycles. The fourth-order valence-electron chi connectivity index (χ4n) is 3.33. The second kappa shape index (κ2) is 11.0. The van der Waals surface area contributed by atoms with E-state index < -0.39 is 6.04 Å². The van der Waals surface area contributed by atoms with Gasteiger partial charge in [0.15, 0.2) is 6.61 Å². The molecule has 0 heterocycles. The molecule has 0 fully saturated rings. The summed E-state index contributed by atoms with van der Waals surface area (Å²) < 4.78 is 5.77. The lowest BCUT2D eigenvalue weighted by Gasteiger charge is -2.33. The summed E-state index contributed by atoms with van der Waals surface area (Å²) in [5, 5.41) is 3.01. The molecule has 0 saturated carbocycles. The third kappa shape index (κ3) is 7.74. The monoisotopic (exact) mass is 424 g/mol. The van der Waals surface area contributed by atoms with Gasteiger partial charge in [0.1, 0.15) is 11.8 Å². The van der Waals surface area contributed by atoms with Crippen molar-refractivity contribution >= 4 is 11.8 Å². The summed E-state index contributed by atoms with van der Waals surface area (Å²) in [5.74, 6) is 0.710. The average Bonchev–Trinajstić information content (AvgIpc) is 2.71. The van der Waals surface area contributed by atoms with Crippen molar-refractivity contribution in [3.63, 3.8) is 0 Å². The van der Waals surface area contributed by atoms with E-state index in [1.165, 1.54) is 5.56 Å². The number of amides is 2. The first-order chi connectivity index (χ1) is 14.6. The first kappa shape index (κ1) is 24.4. The molecule has 2 aromatic carbocycles. The number of ether oxygens (including phenoxy) is 1. The summed E-state index contributed by atoms with van der Waals surface area (Å²) in [6.45, 7) is 12.2. The van der Waals surface area contributed by atoms with Crippen LogP contribution in [0.5, 0.6) is 5.75 Å². The second-order valence-electron chi connectivity index (χ2n) is 9.18. The molecule has 0 aliphatic heterocycles. The number of rotatable bonds is 9. The molecule has 0 aliphatic carbocycles. The van der Waals surface area contributed by atoms with E-state index in [1.807, 2.05) is 82.3 Å². The molecule has 1 atom stereocenters. The minimum Gasteiger partial charge on any atom is -0.484 e. The molecule has 0 bridgehead atoms. The second-order valence-corrected chi connectivity index (χ2v) is 9.18. The topological polar surface area (TPSA) is 58.6 Å². The van der Waals surface area contributed by atoms with Crippen molar-refractivity contribution in [3.8, 4) is 5.75 Å². The molecule has 2 aromatic rings. The number of hydrogen-bond acceptors (Lipinski definition) is 3. The Morgan fingerprint density at radius 3 is 2.13 bits per heavy atom. The summed E-state index contributed by atoms with van der Waals surface area (Å²) in [4.78, 5) is 27.8. The summed E-state index contributed by atoms with van der Waals surface area (Å²) in [6, 6.07) is 16.9. The third-order valence-electron chi connectivity index (χ3n) is 4.99. The number of hydrogen-bond donors (Lipinski definition) is 1. The molecule has 0 spiro atoms. The van der Waals surface area contributed by atoms with E-state index in [0.717, 1.165) is 5.56 Å². The molecule has 0 unspecified atom stereocenters. The van der Waals surface area contributed by atoms with Crippen molar-refractivity contribution in [2.24, 2.45) is 0 Å². The van der Waals surface area contributed by atoms with Crippen LogP contribution in [0.2, 0.25) is 0 Å². The van der Waals surface area contributed by atoms with Gasteiger partial charge in [-0.25, -0.2) is 0 Å². The maximum Gasteiger partial charge on any atom is 0.261 e. The standard InChI is InChI=1S/C26H36N2O3/c1-7-23(25(30)27-26(4,5)6)28(17-20-11-9-8-10-12-20)24(29)18-31-22-15-13-21(14-16-22)19(2)3/h8-16,19,23H,7,17-18H2,1-6H3,(H,27,30)/t23-/m0/s1. The Kier molecular flexibility index (Phi) is 8.66. The van der Waals surface area contributed by atoms with Crippen molar-refractivity contribution in [2.75, 3.05) is 6.61 Å². The lowest BCUT2D eigenvalue weighted by atomic mass is 10.0. The van der Waals surface area contributed by atoms with Crippen LogP contribution in [0.1, 0.15) is 65.0 Å². The van der Waals surface area contributed by atoms with E-state index in [4.69, 9.17) is 4.74 Å². The van der Waals surface area contributed by atoms with Gasteiger partial charge in [-0.1, -0.05) is 63.2 Å². The van der Waals surface area contributed by atoms with Gasteiger partial charge in [0, 0.05) is 12.1 Å². The van der Waals surface area contributed by atoms with Gasteiger partial charge in [-0.05, 0) is 56.4 Å². The molecule has 5 heteroatoms. The van der Waals surface area contributed by atoms with Crippen LogP contribution in [-0.2, 0) is 16.1 Å². The van der Waals surface area contributed by atoms with Gasteiger partial charge in [0.2, 0.25) is 5.91 Å². The highest BCUT2D eigenvalue weighted by molar-refractivity contribution is 5.88. The van der Waals surface area contributed by atoms with E-state index in [0.29, 0.717) is 24.6 Å². The van der Waals surface area contributed by atoms with Crippen LogP contribution >= 0.6 is 0 Å². The minimum atomic E-state index is -0.571. The molecular formula is C26H36N2O3. The molecule has 0 aromatic heterocycles. The third-order valence-corrected chi connectivity index (χ3v) is 4.99. The average molecular weight is 425 g/mol. The maximum atomic E-state index is 13.2. The van der Waals surface area contributed by atoms with Crippen LogP contribution < -0.4 is 10.1 Å². The van der Waals surface area contributed by atoms with Crippen LogP contribution in [0.15, 0.2) is 54.6 Å². The molecule has 2 amide bonds. The molecule has 2 rings (SSSR count). The summed E-state index contributed by atoms with van der Waals surface area (Å²) in [5.41, 5.74) is 1.81. The highest BCUT2D eigenvalue weighted by Gasteiger charge is 2.30. The maximum absolute atomic E-state index is 13.2. The van der Waals surface area contributed by atoms with Crippen molar-refractivity contribution in [2.45, 2.75) is 72.0 Å². The van der Waals surface area contributed by atoms with E-state index in [2.05, 4.69) is 19.2 Å². The lowest BCUT2D eigenvalue weighted by Crippen LogP contribution is -2.54. The van der Waals surface area contributed by atoms with Gasteiger partial charge in [-0.15, -0.1) is 0 Å². The van der Waals surface area contributed by atoms with Crippen LogP contribution in [0.4, 0.5) is 0 Å². The van der Waals surface area contributed by atoms with Gasteiger partial charge in [0.05, 0.1) is 0 Å². The van der Waals surface area contributed by atoms with Crippen molar-refractivity contribution in [1.82, 2.24) is 10.2 Å². The van der Waals surface area contributed by atoms with Crippen molar-refractivity contribution < 1.29 is 14.3 Å². The van der Waals surface area contributed by atoms with E-state index in [9.17, 15) is 9.59 Å². The fraction of sp³-hybridized carbons (Fsp3) is 0.462. The van der Waals surface area contributed by atoms with Crippen LogP contribution in [0, 0.1) is 0 Å². The Balaban J connectivity index is 2.17. The molecule has 0 aliphatic rings. The Morgan fingerprint density at radius 1 is 1.00 bits per heavy atom. The predicted molar refractivity (Wildman–Crippen MR) is 125 cm³/mol. The van der Waals surface area contributed by atoms with E-state index in [-0.39, 0.29) is 24.0 Å². The normalized spacial score (nSPS) is 12.4. The predicted octanol–water partition coefficient (Wildman–Crippen LogP) is 4.91. The molecular weight excluding hydrogens is 388 g/mol. The number of benzene rings is 2. The van der Waals surface area contributed by atoms with Crippen molar-refractivity contribution in [3.05, 3.63) is 65.7 Å². The number of nitrogens with zero attached hydrogens (tertiary/aromatic N) is 1. The Bertz CT molecular complexity index is 839. The number of carbonyl (C=O) groups excluding carboxylic acids is 2. The highest BCUT2D eigenvalue weighted by Crippen LogP contribution is 2.19. The van der Waals surface area contributed by atoms with Crippen molar-refractivity contribution in [1.29, 1.82) is 0 Å². The smallest absolute Gasteiger partial charge is 0.261 e. The lowest BCUT2D eigenvalue weighted by molar-refractivity contribution is -0.143. The van der Waals surface area contributed by atoms with Crippen LogP contribution in [-0.4, -0.2) is 34.9 Å². The summed E-state index contributed by atoms with van der Waals surface area (Å²) in [7, 11) is 0. The zero-order chi connectivity index (χ0) is 23.0. The Morgan fingerprint density at radius 2 is 1.61 bits per heavy atom. The van der Waals surface area contributed by atoms with E-state index >= 15 is 0 Å². The number of carbonyl (C=O) groups is 2.